The van der Waals surface area contributed by atoms with Crippen molar-refractivity contribution in [2.24, 2.45) is 11.7 Å². The largest absolute Gasteiger partial charge is 0.327 e. The molecular weight excluding hydrogens is 265 g/mol. The summed E-state index contributed by atoms with van der Waals surface area (Å²) in [6.45, 7) is 3.03. The van der Waals surface area contributed by atoms with Crippen molar-refractivity contribution in [3.05, 3.63) is 29.8 Å². The molecule has 2 aromatic rings. The molecular formula is C17H24FN3. The van der Waals surface area contributed by atoms with E-state index >= 15 is 0 Å². The van der Waals surface area contributed by atoms with Gasteiger partial charge in [0.25, 0.3) is 0 Å². The Kier molecular flexibility index (Phi) is 4.24. The van der Waals surface area contributed by atoms with Crippen LogP contribution in [0.1, 0.15) is 57.3 Å². The highest BCUT2D eigenvalue weighted by atomic mass is 19.1. The van der Waals surface area contributed by atoms with Crippen LogP contribution in [0, 0.1) is 11.7 Å². The molecule has 1 aromatic carbocycles. The highest BCUT2D eigenvalue weighted by Crippen LogP contribution is 2.34. The zero-order valence-electron chi connectivity index (χ0n) is 12.7. The van der Waals surface area contributed by atoms with Crippen LogP contribution < -0.4 is 5.73 Å². The van der Waals surface area contributed by atoms with Crippen LogP contribution in [-0.2, 0) is 6.54 Å². The Balaban J connectivity index is 2.01. The Morgan fingerprint density at radius 1 is 1.33 bits per heavy atom. The predicted octanol–water partition coefficient (Wildman–Crippen LogP) is 4.17. The van der Waals surface area contributed by atoms with Gasteiger partial charge >= 0.3 is 0 Å². The molecule has 1 saturated carbocycles. The molecule has 21 heavy (non-hydrogen) atoms. The second-order valence-electron chi connectivity index (χ2n) is 6.18. The van der Waals surface area contributed by atoms with E-state index in [0.717, 1.165) is 29.8 Å². The van der Waals surface area contributed by atoms with Gasteiger partial charge in [0, 0.05) is 12.6 Å². The average molecular weight is 289 g/mol. The van der Waals surface area contributed by atoms with Crippen molar-refractivity contribution in [1.82, 2.24) is 9.55 Å². The van der Waals surface area contributed by atoms with Gasteiger partial charge in [-0.15, -0.1) is 0 Å². The van der Waals surface area contributed by atoms with E-state index in [-0.39, 0.29) is 11.9 Å². The standard InChI is InChI=1S/C17H24FN3/c1-2-10-21-15-9-8-13(18)11-14(15)20-17(21)16(19)12-6-4-3-5-7-12/h8-9,11-12,16H,2-7,10,19H2,1H3. The van der Waals surface area contributed by atoms with E-state index in [4.69, 9.17) is 5.73 Å². The lowest BCUT2D eigenvalue weighted by Crippen LogP contribution is -2.26. The Hall–Kier alpha value is -1.42. The third-order valence-electron chi connectivity index (χ3n) is 4.64. The molecule has 1 aromatic heterocycles. The molecule has 0 spiro atoms. The molecule has 0 aliphatic heterocycles. The van der Waals surface area contributed by atoms with Crippen molar-refractivity contribution in [2.75, 3.05) is 0 Å². The Bertz CT molecular complexity index is 614. The van der Waals surface area contributed by atoms with Gasteiger partial charge in [-0.2, -0.15) is 0 Å². The molecule has 3 nitrogen and oxygen atoms in total. The smallest absolute Gasteiger partial charge is 0.127 e. The van der Waals surface area contributed by atoms with Gasteiger partial charge in [0.05, 0.1) is 17.1 Å². The van der Waals surface area contributed by atoms with Gasteiger partial charge in [-0.25, -0.2) is 9.37 Å². The maximum Gasteiger partial charge on any atom is 0.127 e. The zero-order valence-corrected chi connectivity index (χ0v) is 12.7. The number of aryl methyl sites for hydroxylation is 1. The molecule has 1 fully saturated rings. The molecule has 1 atom stereocenters. The first-order chi connectivity index (χ1) is 10.2. The van der Waals surface area contributed by atoms with Crippen LogP contribution >= 0.6 is 0 Å². The molecule has 1 unspecified atom stereocenters. The molecule has 4 heteroatoms. The minimum absolute atomic E-state index is 0.0349. The van der Waals surface area contributed by atoms with Gasteiger partial charge < -0.3 is 10.3 Å². The number of aromatic nitrogens is 2. The zero-order chi connectivity index (χ0) is 14.8. The summed E-state index contributed by atoms with van der Waals surface area (Å²) in [7, 11) is 0. The number of halogens is 1. The van der Waals surface area contributed by atoms with Crippen LogP contribution in [0.5, 0.6) is 0 Å². The fourth-order valence-electron chi connectivity index (χ4n) is 3.54. The number of benzene rings is 1. The number of fused-ring (bicyclic) bond motifs is 1. The molecule has 3 rings (SSSR count). The summed E-state index contributed by atoms with van der Waals surface area (Å²) in [5, 5.41) is 0. The molecule has 114 valence electrons. The van der Waals surface area contributed by atoms with E-state index in [0.29, 0.717) is 5.92 Å². The molecule has 2 N–H and O–H groups in total. The quantitative estimate of drug-likeness (QED) is 0.918. The summed E-state index contributed by atoms with van der Waals surface area (Å²) < 4.78 is 15.6. The molecule has 1 heterocycles. The van der Waals surface area contributed by atoms with Crippen LogP contribution in [0.25, 0.3) is 11.0 Å². The maximum absolute atomic E-state index is 13.4. The Morgan fingerprint density at radius 3 is 2.81 bits per heavy atom. The first-order valence-electron chi connectivity index (χ1n) is 8.12. The highest BCUT2D eigenvalue weighted by Gasteiger charge is 2.26. The van der Waals surface area contributed by atoms with Crippen molar-refractivity contribution >= 4 is 11.0 Å². The predicted molar refractivity (Wildman–Crippen MR) is 83.5 cm³/mol. The van der Waals surface area contributed by atoms with Crippen molar-refractivity contribution in [2.45, 2.75) is 58.0 Å². The van der Waals surface area contributed by atoms with E-state index in [1.54, 1.807) is 0 Å². The van der Waals surface area contributed by atoms with Crippen molar-refractivity contribution in [3.63, 3.8) is 0 Å². The van der Waals surface area contributed by atoms with Crippen LogP contribution in [-0.4, -0.2) is 9.55 Å². The fourth-order valence-corrected chi connectivity index (χ4v) is 3.54. The molecule has 0 saturated heterocycles. The fraction of sp³-hybridized carbons (Fsp3) is 0.588. The number of rotatable bonds is 4. The highest BCUT2D eigenvalue weighted by molar-refractivity contribution is 5.76. The van der Waals surface area contributed by atoms with Crippen molar-refractivity contribution in [1.29, 1.82) is 0 Å². The van der Waals surface area contributed by atoms with Gasteiger partial charge in [0.2, 0.25) is 0 Å². The molecule has 0 radical (unpaired) electrons. The van der Waals surface area contributed by atoms with E-state index in [2.05, 4.69) is 16.5 Å². The lowest BCUT2D eigenvalue weighted by Gasteiger charge is -2.27. The SMILES string of the molecule is CCCn1c(C(N)C2CCCCC2)nc2cc(F)ccc21. The van der Waals surface area contributed by atoms with Gasteiger partial charge in [0.15, 0.2) is 0 Å². The van der Waals surface area contributed by atoms with Crippen LogP contribution in [0.4, 0.5) is 4.39 Å². The third-order valence-corrected chi connectivity index (χ3v) is 4.64. The summed E-state index contributed by atoms with van der Waals surface area (Å²) in [5.41, 5.74) is 8.25. The Morgan fingerprint density at radius 2 is 2.10 bits per heavy atom. The van der Waals surface area contributed by atoms with Crippen LogP contribution in [0.15, 0.2) is 18.2 Å². The van der Waals surface area contributed by atoms with E-state index in [1.165, 1.54) is 44.2 Å². The molecule has 1 aliphatic carbocycles. The third kappa shape index (κ3) is 2.82. The average Bonchev–Trinajstić information content (AvgIpc) is 2.85. The number of hydrogen-bond acceptors (Lipinski definition) is 2. The van der Waals surface area contributed by atoms with Crippen LogP contribution in [0.3, 0.4) is 0 Å². The van der Waals surface area contributed by atoms with Gasteiger partial charge in [-0.1, -0.05) is 26.2 Å². The minimum Gasteiger partial charge on any atom is -0.327 e. The number of imidazole rings is 1. The summed E-state index contributed by atoms with van der Waals surface area (Å²) >= 11 is 0. The normalized spacial score (nSPS) is 18.2. The van der Waals surface area contributed by atoms with E-state index < -0.39 is 0 Å². The summed E-state index contributed by atoms with van der Waals surface area (Å²) in [4.78, 5) is 4.67. The van der Waals surface area contributed by atoms with Crippen molar-refractivity contribution < 1.29 is 4.39 Å². The summed E-state index contributed by atoms with van der Waals surface area (Å²) in [6.07, 6.45) is 7.24. The molecule has 0 amide bonds. The summed E-state index contributed by atoms with van der Waals surface area (Å²) in [5.74, 6) is 1.21. The van der Waals surface area contributed by atoms with Gasteiger partial charge in [-0.3, -0.25) is 0 Å². The second-order valence-corrected chi connectivity index (χ2v) is 6.18. The van der Waals surface area contributed by atoms with E-state index in [1.807, 2.05) is 6.07 Å². The Labute approximate surface area is 125 Å². The van der Waals surface area contributed by atoms with Gasteiger partial charge in [-0.05, 0) is 37.3 Å². The monoisotopic (exact) mass is 289 g/mol. The topological polar surface area (TPSA) is 43.8 Å². The lowest BCUT2D eigenvalue weighted by atomic mass is 9.84. The van der Waals surface area contributed by atoms with E-state index in [9.17, 15) is 4.39 Å². The molecule has 1 aliphatic rings. The first kappa shape index (κ1) is 14.5. The maximum atomic E-state index is 13.4. The number of nitrogens with zero attached hydrogens (tertiary/aromatic N) is 2. The van der Waals surface area contributed by atoms with Crippen LogP contribution in [0.2, 0.25) is 0 Å². The van der Waals surface area contributed by atoms with Gasteiger partial charge in [0.1, 0.15) is 11.6 Å². The number of hydrogen-bond donors (Lipinski definition) is 1. The minimum atomic E-state index is -0.235. The first-order valence-corrected chi connectivity index (χ1v) is 8.12. The lowest BCUT2D eigenvalue weighted by molar-refractivity contribution is 0.296. The number of nitrogens with two attached hydrogens (primary N) is 1. The summed E-state index contributed by atoms with van der Waals surface area (Å²) in [6, 6.07) is 4.81. The van der Waals surface area contributed by atoms with Crippen molar-refractivity contribution in [3.8, 4) is 0 Å². The molecule has 0 bridgehead atoms. The second kappa shape index (κ2) is 6.14.